The van der Waals surface area contributed by atoms with Crippen LogP contribution < -0.4 is 5.43 Å². The third-order valence-corrected chi connectivity index (χ3v) is 6.74. The molecule has 1 N–H and O–H groups in total. The van der Waals surface area contributed by atoms with Crippen molar-refractivity contribution in [1.29, 1.82) is 0 Å². The number of phenols is 1. The number of hydrogen-bond acceptors (Lipinski definition) is 6. The highest BCUT2D eigenvalue weighted by molar-refractivity contribution is 7.21. The summed E-state index contributed by atoms with van der Waals surface area (Å²) in [6, 6.07) is 11.1. The van der Waals surface area contributed by atoms with Crippen molar-refractivity contribution in [3.05, 3.63) is 58.4 Å². The Morgan fingerprint density at radius 2 is 2.14 bits per heavy atom. The van der Waals surface area contributed by atoms with E-state index in [-0.39, 0.29) is 11.2 Å². The second-order valence-electron chi connectivity index (χ2n) is 7.89. The molecule has 2 aromatic carbocycles. The Morgan fingerprint density at radius 3 is 2.97 bits per heavy atom. The Hall–Kier alpha value is -2.70. The number of aromatic nitrogens is 1. The lowest BCUT2D eigenvalue weighted by molar-refractivity contribution is 0.175. The Balaban J connectivity index is 1.59. The van der Waals surface area contributed by atoms with Crippen LogP contribution >= 0.6 is 11.3 Å². The van der Waals surface area contributed by atoms with Crippen molar-refractivity contribution in [2.75, 3.05) is 13.1 Å². The van der Waals surface area contributed by atoms with E-state index in [1.54, 1.807) is 12.1 Å². The topological polar surface area (TPSA) is 66.6 Å². The average Bonchev–Trinajstić information content (AvgIpc) is 3.14. The highest BCUT2D eigenvalue weighted by Crippen LogP contribution is 2.32. The van der Waals surface area contributed by atoms with E-state index in [0.29, 0.717) is 39.6 Å². The fourth-order valence-corrected chi connectivity index (χ4v) is 5.16. The molecule has 0 radical (unpaired) electrons. The van der Waals surface area contributed by atoms with Gasteiger partial charge in [-0.25, -0.2) is 4.98 Å². The summed E-state index contributed by atoms with van der Waals surface area (Å²) in [5, 5.41) is 11.6. The number of fused-ring (bicyclic) bond motifs is 2. The van der Waals surface area contributed by atoms with Gasteiger partial charge in [0.05, 0.1) is 26.7 Å². The molecule has 0 saturated carbocycles. The maximum atomic E-state index is 13.2. The van der Waals surface area contributed by atoms with E-state index in [1.165, 1.54) is 24.0 Å². The molecule has 1 fully saturated rings. The molecule has 1 saturated heterocycles. The number of phenolic OH excluding ortho intramolecular Hbond substituents is 1. The minimum absolute atomic E-state index is 0.112. The minimum atomic E-state index is -0.112. The first-order valence-electron chi connectivity index (χ1n) is 9.95. The molecule has 1 aliphatic rings. The SMILES string of the molecule is C[C@@H]1CCCN(Cc2c(O)ccc3c(=O)c(-c4nc5ccccc5s4)coc23)C1. The van der Waals surface area contributed by atoms with Crippen LogP contribution in [0.3, 0.4) is 0 Å². The number of rotatable bonds is 3. The van der Waals surface area contributed by atoms with Crippen molar-refractivity contribution < 1.29 is 9.52 Å². The van der Waals surface area contributed by atoms with Crippen LogP contribution in [0.25, 0.3) is 31.8 Å². The van der Waals surface area contributed by atoms with E-state index in [0.717, 1.165) is 29.7 Å². The summed E-state index contributed by atoms with van der Waals surface area (Å²) in [6.45, 7) is 4.81. The van der Waals surface area contributed by atoms with Gasteiger partial charge in [-0.15, -0.1) is 11.3 Å². The maximum absolute atomic E-state index is 13.2. The molecule has 29 heavy (non-hydrogen) atoms. The zero-order valence-corrected chi connectivity index (χ0v) is 17.0. The van der Waals surface area contributed by atoms with Gasteiger partial charge in [0.15, 0.2) is 0 Å². The molecule has 148 valence electrons. The molecule has 5 rings (SSSR count). The molecule has 0 aliphatic carbocycles. The molecule has 0 amide bonds. The second-order valence-corrected chi connectivity index (χ2v) is 8.92. The highest BCUT2D eigenvalue weighted by atomic mass is 32.1. The lowest BCUT2D eigenvalue weighted by Crippen LogP contribution is -2.33. The Labute approximate surface area is 172 Å². The van der Waals surface area contributed by atoms with Crippen LogP contribution in [-0.4, -0.2) is 28.1 Å². The number of thiazole rings is 1. The van der Waals surface area contributed by atoms with Gasteiger partial charge in [0.2, 0.25) is 5.43 Å². The second kappa shape index (κ2) is 7.28. The molecule has 0 bridgehead atoms. The molecule has 4 aromatic rings. The average molecular weight is 407 g/mol. The largest absolute Gasteiger partial charge is 0.507 e. The summed E-state index contributed by atoms with van der Waals surface area (Å²) >= 11 is 1.48. The number of para-hydroxylation sites is 1. The molecule has 6 heteroatoms. The molecule has 0 unspecified atom stereocenters. The third-order valence-electron chi connectivity index (χ3n) is 5.67. The summed E-state index contributed by atoms with van der Waals surface area (Å²) < 4.78 is 6.97. The van der Waals surface area contributed by atoms with Gasteiger partial charge in [-0.05, 0) is 49.6 Å². The zero-order chi connectivity index (χ0) is 20.0. The zero-order valence-electron chi connectivity index (χ0n) is 16.2. The van der Waals surface area contributed by atoms with Crippen LogP contribution in [0.5, 0.6) is 5.75 Å². The number of likely N-dealkylation sites (tertiary alicyclic amines) is 1. The normalized spacial score (nSPS) is 17.9. The number of aromatic hydroxyl groups is 1. The van der Waals surface area contributed by atoms with Gasteiger partial charge in [-0.1, -0.05) is 19.1 Å². The number of piperidine rings is 1. The summed E-state index contributed by atoms with van der Waals surface area (Å²) in [5.41, 5.74) is 2.38. The van der Waals surface area contributed by atoms with E-state index in [9.17, 15) is 9.90 Å². The molecule has 1 atom stereocenters. The molecular weight excluding hydrogens is 384 g/mol. The van der Waals surface area contributed by atoms with E-state index >= 15 is 0 Å². The number of nitrogens with zero attached hydrogens (tertiary/aromatic N) is 2. The molecule has 0 spiro atoms. The van der Waals surface area contributed by atoms with Gasteiger partial charge in [0, 0.05) is 13.1 Å². The van der Waals surface area contributed by atoms with Crippen LogP contribution in [0.1, 0.15) is 25.3 Å². The molecule has 2 aromatic heterocycles. The summed E-state index contributed by atoms with van der Waals surface area (Å²) in [4.78, 5) is 20.1. The lowest BCUT2D eigenvalue weighted by atomic mass is 9.99. The minimum Gasteiger partial charge on any atom is -0.507 e. The standard InChI is InChI=1S/C23H22N2O3S/c1-14-5-4-10-25(11-14)12-16-19(26)9-8-15-21(27)17(13-28-22(15)16)23-24-18-6-2-3-7-20(18)29-23/h2-3,6-9,13-14,26H,4-5,10-12H2,1H3/t14-/m1/s1. The van der Waals surface area contributed by atoms with Gasteiger partial charge < -0.3 is 9.52 Å². The Bertz CT molecular complexity index is 1230. The molecular formula is C23H22N2O3S. The summed E-state index contributed by atoms with van der Waals surface area (Å²) in [5.74, 6) is 0.810. The van der Waals surface area contributed by atoms with Crippen molar-refractivity contribution in [2.24, 2.45) is 5.92 Å². The van der Waals surface area contributed by atoms with Crippen LogP contribution in [0.15, 0.2) is 51.9 Å². The van der Waals surface area contributed by atoms with Crippen LogP contribution in [0, 0.1) is 5.92 Å². The fourth-order valence-electron chi connectivity index (χ4n) is 4.19. The first-order valence-corrected chi connectivity index (χ1v) is 10.8. The van der Waals surface area contributed by atoms with E-state index in [2.05, 4.69) is 16.8 Å². The van der Waals surface area contributed by atoms with Crippen LogP contribution in [-0.2, 0) is 6.54 Å². The predicted octanol–water partition coefficient (Wildman–Crippen LogP) is 5.01. The third kappa shape index (κ3) is 3.32. The van der Waals surface area contributed by atoms with E-state index in [1.807, 2.05) is 24.3 Å². The van der Waals surface area contributed by atoms with Gasteiger partial charge in [-0.3, -0.25) is 9.69 Å². The first kappa shape index (κ1) is 18.3. The van der Waals surface area contributed by atoms with Crippen LogP contribution in [0.2, 0.25) is 0 Å². The smallest absolute Gasteiger partial charge is 0.202 e. The molecule has 3 heterocycles. The number of benzene rings is 2. The summed E-state index contributed by atoms with van der Waals surface area (Å²) in [7, 11) is 0. The van der Waals surface area contributed by atoms with Gasteiger partial charge in [-0.2, -0.15) is 0 Å². The Morgan fingerprint density at radius 1 is 1.28 bits per heavy atom. The molecule has 5 nitrogen and oxygen atoms in total. The van der Waals surface area contributed by atoms with Crippen molar-refractivity contribution in [2.45, 2.75) is 26.3 Å². The van der Waals surface area contributed by atoms with Gasteiger partial charge in [0.1, 0.15) is 22.6 Å². The monoisotopic (exact) mass is 406 g/mol. The Kier molecular flexibility index (Phi) is 4.60. The van der Waals surface area contributed by atoms with Crippen molar-refractivity contribution in [3.8, 4) is 16.3 Å². The molecule has 1 aliphatic heterocycles. The van der Waals surface area contributed by atoms with E-state index < -0.39 is 0 Å². The number of hydrogen-bond donors (Lipinski definition) is 1. The van der Waals surface area contributed by atoms with Gasteiger partial charge >= 0.3 is 0 Å². The van der Waals surface area contributed by atoms with E-state index in [4.69, 9.17) is 4.42 Å². The highest BCUT2D eigenvalue weighted by Gasteiger charge is 2.21. The summed E-state index contributed by atoms with van der Waals surface area (Å²) in [6.07, 6.45) is 3.88. The fraction of sp³-hybridized carbons (Fsp3) is 0.304. The quantitative estimate of drug-likeness (QED) is 0.518. The lowest BCUT2D eigenvalue weighted by Gasteiger charge is -2.31. The van der Waals surface area contributed by atoms with Crippen molar-refractivity contribution >= 4 is 32.5 Å². The van der Waals surface area contributed by atoms with Crippen molar-refractivity contribution in [1.82, 2.24) is 9.88 Å². The van der Waals surface area contributed by atoms with Crippen molar-refractivity contribution in [3.63, 3.8) is 0 Å². The maximum Gasteiger partial charge on any atom is 0.202 e. The van der Waals surface area contributed by atoms with Crippen LogP contribution in [0.4, 0.5) is 0 Å². The predicted molar refractivity (Wildman–Crippen MR) is 116 cm³/mol. The first-order chi connectivity index (χ1) is 14.1. The van der Waals surface area contributed by atoms with Gasteiger partial charge in [0.25, 0.3) is 0 Å².